The topological polar surface area (TPSA) is 59.8 Å². The van der Waals surface area contributed by atoms with Crippen molar-refractivity contribution in [3.05, 3.63) is 29.8 Å². The minimum absolute atomic E-state index is 0.127. The molecule has 0 aliphatic carbocycles. The van der Waals surface area contributed by atoms with Crippen molar-refractivity contribution in [2.75, 3.05) is 16.8 Å². The normalized spacial score (nSPS) is 13.8. The van der Waals surface area contributed by atoms with Gasteiger partial charge in [0.05, 0.1) is 5.56 Å². The quantitative estimate of drug-likeness (QED) is 0.877. The van der Waals surface area contributed by atoms with E-state index in [0.717, 1.165) is 34.5 Å². The van der Waals surface area contributed by atoms with Crippen LogP contribution in [0.25, 0.3) is 0 Å². The molecule has 0 saturated carbocycles. The minimum Gasteiger partial charge on any atom is -0.290 e. The van der Waals surface area contributed by atoms with Gasteiger partial charge in [-0.25, -0.2) is 0 Å². The van der Waals surface area contributed by atoms with Gasteiger partial charge in [-0.3, -0.25) is 14.7 Å². The molecule has 0 fully saturated rings. The number of rotatable bonds is 4. The second-order valence-corrected chi connectivity index (χ2v) is 6.91. The maximum Gasteiger partial charge on any atom is 0.259 e. The van der Waals surface area contributed by atoms with E-state index in [4.69, 9.17) is 0 Å². The van der Waals surface area contributed by atoms with Crippen LogP contribution in [0.4, 0.5) is 5.95 Å². The van der Waals surface area contributed by atoms with E-state index in [1.165, 1.54) is 0 Å². The first-order chi connectivity index (χ1) is 10.3. The maximum absolute atomic E-state index is 12.5. The van der Waals surface area contributed by atoms with Gasteiger partial charge in [0.25, 0.3) is 5.91 Å². The molecule has 1 aliphatic heterocycles. The van der Waals surface area contributed by atoms with Crippen LogP contribution >= 0.6 is 23.5 Å². The Morgan fingerprint density at radius 3 is 3.14 bits per heavy atom. The number of hydrogen-bond acceptors (Lipinski definition) is 5. The summed E-state index contributed by atoms with van der Waals surface area (Å²) in [6.45, 7) is 2.93. The van der Waals surface area contributed by atoms with Crippen LogP contribution in [0.1, 0.15) is 23.7 Å². The van der Waals surface area contributed by atoms with Crippen LogP contribution in [-0.2, 0) is 6.54 Å². The Kier molecular flexibility index (Phi) is 4.50. The van der Waals surface area contributed by atoms with E-state index in [-0.39, 0.29) is 5.91 Å². The fourth-order valence-corrected chi connectivity index (χ4v) is 3.87. The second-order valence-electron chi connectivity index (χ2n) is 4.54. The third kappa shape index (κ3) is 3.08. The van der Waals surface area contributed by atoms with Crippen molar-refractivity contribution in [1.82, 2.24) is 14.8 Å². The molecule has 0 atom stereocenters. The van der Waals surface area contributed by atoms with Gasteiger partial charge in [-0.15, -0.1) is 22.0 Å². The molecule has 1 aliphatic rings. The lowest BCUT2D eigenvalue weighted by atomic mass is 10.2. The number of carbonyl (C=O) groups excluding carboxylic acids is 1. The molecule has 1 N–H and O–H groups in total. The van der Waals surface area contributed by atoms with Gasteiger partial charge >= 0.3 is 0 Å². The second kappa shape index (κ2) is 6.53. The third-order valence-electron chi connectivity index (χ3n) is 3.13. The Balaban J connectivity index is 1.82. The third-order valence-corrected chi connectivity index (χ3v) is 5.14. The molecule has 0 unspecified atom stereocenters. The van der Waals surface area contributed by atoms with Crippen LogP contribution in [0.5, 0.6) is 0 Å². The van der Waals surface area contributed by atoms with Gasteiger partial charge in [-0.1, -0.05) is 30.8 Å². The molecule has 110 valence electrons. The van der Waals surface area contributed by atoms with Crippen molar-refractivity contribution in [3.8, 4) is 0 Å². The average Bonchev–Trinajstić information content (AvgIpc) is 2.91. The average molecular weight is 320 g/mol. The predicted molar refractivity (Wildman–Crippen MR) is 86.2 cm³/mol. The summed E-state index contributed by atoms with van der Waals surface area (Å²) in [5.41, 5.74) is 0.685. The first-order valence-corrected chi connectivity index (χ1v) is 8.86. The highest BCUT2D eigenvalue weighted by molar-refractivity contribution is 7.99. The van der Waals surface area contributed by atoms with Crippen molar-refractivity contribution in [3.63, 3.8) is 0 Å². The van der Waals surface area contributed by atoms with E-state index in [1.54, 1.807) is 23.5 Å². The summed E-state index contributed by atoms with van der Waals surface area (Å²) in [6.07, 6.45) is 1.07. The summed E-state index contributed by atoms with van der Waals surface area (Å²) in [7, 11) is 0. The highest BCUT2D eigenvalue weighted by atomic mass is 32.2. The van der Waals surface area contributed by atoms with E-state index in [2.05, 4.69) is 22.4 Å². The number of hydrogen-bond donors (Lipinski definition) is 1. The highest BCUT2D eigenvalue weighted by Crippen LogP contribution is 2.27. The predicted octanol–water partition coefficient (Wildman–Crippen LogP) is 3.14. The molecule has 0 saturated heterocycles. The number of fused-ring (bicyclic) bond motifs is 1. The molecule has 1 aromatic heterocycles. The number of thioether (sulfide) groups is 2. The molecule has 1 amide bonds. The van der Waals surface area contributed by atoms with E-state index in [1.807, 2.05) is 28.8 Å². The van der Waals surface area contributed by atoms with Crippen molar-refractivity contribution in [2.45, 2.75) is 29.9 Å². The van der Waals surface area contributed by atoms with E-state index in [0.29, 0.717) is 11.5 Å². The van der Waals surface area contributed by atoms with Gasteiger partial charge in [0.15, 0.2) is 5.16 Å². The summed E-state index contributed by atoms with van der Waals surface area (Å²) in [5.74, 6) is 2.40. The molecule has 0 spiro atoms. The molecule has 2 aromatic rings. The lowest BCUT2D eigenvalue weighted by molar-refractivity contribution is 0.102. The molecular weight excluding hydrogens is 304 g/mol. The monoisotopic (exact) mass is 320 g/mol. The van der Waals surface area contributed by atoms with Crippen molar-refractivity contribution in [2.24, 2.45) is 0 Å². The van der Waals surface area contributed by atoms with Crippen LogP contribution in [-0.4, -0.2) is 32.2 Å². The first-order valence-electron chi connectivity index (χ1n) is 6.88. The number of nitrogens with zero attached hydrogens (tertiary/aromatic N) is 3. The molecule has 2 heterocycles. The number of aromatic nitrogens is 3. The minimum atomic E-state index is -0.127. The Bertz CT molecular complexity index is 656. The number of benzene rings is 1. The number of anilines is 1. The van der Waals surface area contributed by atoms with Crippen molar-refractivity contribution in [1.29, 1.82) is 0 Å². The van der Waals surface area contributed by atoms with Crippen molar-refractivity contribution < 1.29 is 4.79 Å². The van der Waals surface area contributed by atoms with Crippen LogP contribution in [0, 0.1) is 0 Å². The van der Waals surface area contributed by atoms with Gasteiger partial charge in [-0.2, -0.15) is 0 Å². The van der Waals surface area contributed by atoms with Crippen LogP contribution in [0.15, 0.2) is 34.3 Å². The Morgan fingerprint density at radius 2 is 2.29 bits per heavy atom. The lowest BCUT2D eigenvalue weighted by Gasteiger charge is -2.14. The van der Waals surface area contributed by atoms with E-state index in [9.17, 15) is 4.79 Å². The van der Waals surface area contributed by atoms with Gasteiger partial charge in [0.2, 0.25) is 5.95 Å². The molecule has 7 heteroatoms. The summed E-state index contributed by atoms with van der Waals surface area (Å²) in [6, 6.07) is 7.64. The molecule has 5 nitrogen and oxygen atoms in total. The van der Waals surface area contributed by atoms with Gasteiger partial charge in [0.1, 0.15) is 0 Å². The Hall–Kier alpha value is -1.47. The zero-order valence-electron chi connectivity index (χ0n) is 11.7. The van der Waals surface area contributed by atoms with Gasteiger partial charge in [0, 0.05) is 17.2 Å². The van der Waals surface area contributed by atoms with Crippen LogP contribution < -0.4 is 5.32 Å². The molecule has 21 heavy (non-hydrogen) atoms. The lowest BCUT2D eigenvalue weighted by Crippen LogP contribution is -2.18. The molecule has 1 aromatic carbocycles. The first kappa shape index (κ1) is 14.5. The van der Waals surface area contributed by atoms with Gasteiger partial charge in [-0.05, 0) is 24.3 Å². The van der Waals surface area contributed by atoms with Crippen molar-refractivity contribution >= 4 is 35.4 Å². The standard InChI is InChI=1S/C14H16N4OS2/c1-2-20-11-7-4-3-6-10(11)12(19)15-13-16-17-14-18(13)8-5-9-21-14/h3-4,6-7H,2,5,8-9H2,1H3,(H,15,16,19). The Morgan fingerprint density at radius 1 is 1.43 bits per heavy atom. The zero-order valence-corrected chi connectivity index (χ0v) is 13.3. The summed E-state index contributed by atoms with van der Waals surface area (Å²) < 4.78 is 1.97. The SMILES string of the molecule is CCSc1ccccc1C(=O)Nc1nnc2n1CCCS2. The Labute approximate surface area is 131 Å². The number of amides is 1. The maximum atomic E-state index is 12.5. The fraction of sp³-hybridized carbons (Fsp3) is 0.357. The fourth-order valence-electron chi connectivity index (χ4n) is 2.18. The smallest absolute Gasteiger partial charge is 0.259 e. The largest absolute Gasteiger partial charge is 0.290 e. The van der Waals surface area contributed by atoms with E-state index < -0.39 is 0 Å². The van der Waals surface area contributed by atoms with Gasteiger partial charge < -0.3 is 0 Å². The van der Waals surface area contributed by atoms with Crippen LogP contribution in [0.2, 0.25) is 0 Å². The number of carbonyl (C=O) groups is 1. The summed E-state index contributed by atoms with van der Waals surface area (Å²) >= 11 is 3.34. The van der Waals surface area contributed by atoms with Crippen LogP contribution in [0.3, 0.4) is 0 Å². The van der Waals surface area contributed by atoms with E-state index >= 15 is 0 Å². The molecule has 3 rings (SSSR count). The number of nitrogens with one attached hydrogen (secondary N) is 1. The molecule has 0 bridgehead atoms. The molecule has 0 radical (unpaired) electrons. The summed E-state index contributed by atoms with van der Waals surface area (Å²) in [4.78, 5) is 13.5. The zero-order chi connectivity index (χ0) is 14.7. The molecular formula is C14H16N4OS2. The highest BCUT2D eigenvalue weighted by Gasteiger charge is 2.19. The summed E-state index contributed by atoms with van der Waals surface area (Å²) in [5, 5.41) is 12.0.